The van der Waals surface area contributed by atoms with E-state index in [-0.39, 0.29) is 6.61 Å². The maximum absolute atomic E-state index is 12.6. The molecule has 0 fully saturated rings. The van der Waals surface area contributed by atoms with Crippen molar-refractivity contribution in [3.8, 4) is 0 Å². The predicted molar refractivity (Wildman–Crippen MR) is 53.6 cm³/mol. The summed E-state index contributed by atoms with van der Waals surface area (Å²) in [6.45, 7) is 0.995. The summed E-state index contributed by atoms with van der Waals surface area (Å²) in [7, 11) is 0. The molecular formula is C10H15FN2O. The number of anilines is 1. The normalized spacial score (nSPS) is 10.1. The number of hydrogen-bond donors (Lipinski definition) is 2. The molecule has 0 unspecified atom stereocenters. The average molecular weight is 198 g/mol. The van der Waals surface area contributed by atoms with Gasteiger partial charge in [-0.3, -0.25) is 0 Å². The molecule has 0 saturated heterocycles. The van der Waals surface area contributed by atoms with Gasteiger partial charge in [0.05, 0.1) is 0 Å². The number of rotatable bonds is 6. The summed E-state index contributed by atoms with van der Waals surface area (Å²) in [6.07, 6.45) is 2.75. The lowest BCUT2D eigenvalue weighted by Crippen LogP contribution is -2.04. The zero-order valence-electron chi connectivity index (χ0n) is 8.04. The fourth-order valence-corrected chi connectivity index (χ4v) is 1.14. The molecule has 1 heterocycles. The molecule has 3 nitrogen and oxygen atoms in total. The zero-order valence-corrected chi connectivity index (χ0v) is 8.04. The maximum atomic E-state index is 12.6. The molecule has 1 aromatic rings. The van der Waals surface area contributed by atoms with Gasteiger partial charge in [0.15, 0.2) is 0 Å². The summed E-state index contributed by atoms with van der Waals surface area (Å²) in [5, 5.41) is 11.5. The molecule has 0 aromatic carbocycles. The van der Waals surface area contributed by atoms with Crippen LogP contribution in [0.2, 0.25) is 0 Å². The van der Waals surface area contributed by atoms with E-state index in [2.05, 4.69) is 10.3 Å². The lowest BCUT2D eigenvalue weighted by Gasteiger charge is -2.04. The van der Waals surface area contributed by atoms with E-state index in [1.807, 2.05) is 0 Å². The first-order chi connectivity index (χ1) is 6.83. The van der Waals surface area contributed by atoms with E-state index >= 15 is 0 Å². The Kier molecular flexibility index (Phi) is 4.93. The lowest BCUT2D eigenvalue weighted by molar-refractivity contribution is 0.283. The summed E-state index contributed by atoms with van der Waals surface area (Å²) in [4.78, 5) is 3.66. The molecule has 0 spiro atoms. The second kappa shape index (κ2) is 6.32. The first-order valence-corrected chi connectivity index (χ1v) is 4.80. The third kappa shape index (κ3) is 4.18. The topological polar surface area (TPSA) is 45.1 Å². The van der Waals surface area contributed by atoms with Gasteiger partial charge in [-0.05, 0) is 31.4 Å². The van der Waals surface area contributed by atoms with Gasteiger partial charge in [0.25, 0.3) is 0 Å². The van der Waals surface area contributed by atoms with Crippen LogP contribution in [0.4, 0.5) is 10.2 Å². The van der Waals surface area contributed by atoms with Crippen molar-refractivity contribution in [2.75, 3.05) is 18.5 Å². The molecule has 0 aliphatic heterocycles. The fraction of sp³-hybridized carbons (Fsp3) is 0.500. The van der Waals surface area contributed by atoms with Gasteiger partial charge < -0.3 is 10.4 Å². The highest BCUT2D eigenvalue weighted by atomic mass is 19.1. The number of unbranched alkanes of at least 4 members (excludes halogenated alkanes) is 2. The standard InChI is InChI=1S/C10H15FN2O/c11-9-5-4-6-10(13-9)12-7-2-1-3-8-14/h4-6,14H,1-3,7-8H2,(H,12,13). The molecule has 0 amide bonds. The van der Waals surface area contributed by atoms with Crippen LogP contribution < -0.4 is 5.32 Å². The van der Waals surface area contributed by atoms with Crippen LogP contribution in [0.1, 0.15) is 19.3 Å². The molecule has 2 N–H and O–H groups in total. The van der Waals surface area contributed by atoms with Crippen LogP contribution in [0.3, 0.4) is 0 Å². The predicted octanol–water partition coefficient (Wildman–Crippen LogP) is 1.80. The van der Waals surface area contributed by atoms with E-state index < -0.39 is 5.95 Å². The molecule has 0 radical (unpaired) electrons. The number of aliphatic hydroxyl groups is 1. The smallest absolute Gasteiger partial charge is 0.214 e. The van der Waals surface area contributed by atoms with Crippen molar-refractivity contribution in [3.63, 3.8) is 0 Å². The van der Waals surface area contributed by atoms with Gasteiger partial charge >= 0.3 is 0 Å². The summed E-state index contributed by atoms with van der Waals surface area (Å²) in [5.74, 6) is 0.0966. The van der Waals surface area contributed by atoms with Crippen LogP contribution in [0.5, 0.6) is 0 Å². The molecule has 0 aliphatic rings. The van der Waals surface area contributed by atoms with E-state index in [0.717, 1.165) is 25.8 Å². The monoisotopic (exact) mass is 198 g/mol. The van der Waals surface area contributed by atoms with Crippen LogP contribution in [0.15, 0.2) is 18.2 Å². The molecule has 1 rings (SSSR count). The molecule has 0 saturated carbocycles. The molecule has 0 bridgehead atoms. The van der Waals surface area contributed by atoms with Crippen LogP contribution in [0.25, 0.3) is 0 Å². The van der Waals surface area contributed by atoms with Crippen molar-refractivity contribution in [3.05, 3.63) is 24.1 Å². The number of halogens is 1. The van der Waals surface area contributed by atoms with E-state index in [4.69, 9.17) is 5.11 Å². The zero-order chi connectivity index (χ0) is 10.2. The third-order valence-corrected chi connectivity index (χ3v) is 1.86. The average Bonchev–Trinajstić information content (AvgIpc) is 2.18. The van der Waals surface area contributed by atoms with Crippen LogP contribution >= 0.6 is 0 Å². The van der Waals surface area contributed by atoms with E-state index in [9.17, 15) is 4.39 Å². The Balaban J connectivity index is 2.18. The van der Waals surface area contributed by atoms with Gasteiger partial charge in [0, 0.05) is 13.2 Å². The molecule has 0 aliphatic carbocycles. The number of nitrogens with zero attached hydrogens (tertiary/aromatic N) is 1. The van der Waals surface area contributed by atoms with Gasteiger partial charge in [-0.2, -0.15) is 4.39 Å². The quantitative estimate of drug-likeness (QED) is 0.541. The van der Waals surface area contributed by atoms with Gasteiger partial charge in [0.1, 0.15) is 5.82 Å². The SMILES string of the molecule is OCCCCCNc1cccc(F)n1. The summed E-state index contributed by atoms with van der Waals surface area (Å²) < 4.78 is 12.6. The van der Waals surface area contributed by atoms with Crippen molar-refractivity contribution in [1.82, 2.24) is 4.98 Å². The van der Waals surface area contributed by atoms with Crippen LogP contribution in [0, 0.1) is 5.95 Å². The Morgan fingerprint density at radius 2 is 2.14 bits per heavy atom. The molecule has 4 heteroatoms. The first kappa shape index (κ1) is 10.9. The third-order valence-electron chi connectivity index (χ3n) is 1.86. The second-order valence-electron chi connectivity index (χ2n) is 3.06. The molecule has 1 aromatic heterocycles. The number of hydrogen-bond acceptors (Lipinski definition) is 3. The van der Waals surface area contributed by atoms with E-state index in [1.165, 1.54) is 6.07 Å². The summed E-state index contributed by atoms with van der Waals surface area (Å²) in [6, 6.07) is 4.67. The fourth-order valence-electron chi connectivity index (χ4n) is 1.14. The van der Waals surface area contributed by atoms with Gasteiger partial charge in [-0.1, -0.05) is 6.07 Å². The van der Waals surface area contributed by atoms with Gasteiger partial charge in [-0.15, -0.1) is 0 Å². The molecule has 14 heavy (non-hydrogen) atoms. The Morgan fingerprint density at radius 1 is 1.29 bits per heavy atom. The minimum atomic E-state index is -0.467. The highest BCUT2D eigenvalue weighted by Gasteiger charge is 1.94. The van der Waals surface area contributed by atoms with Crippen molar-refractivity contribution in [2.45, 2.75) is 19.3 Å². The highest BCUT2D eigenvalue weighted by molar-refractivity contribution is 5.33. The van der Waals surface area contributed by atoms with E-state index in [0.29, 0.717) is 5.82 Å². The van der Waals surface area contributed by atoms with E-state index in [1.54, 1.807) is 12.1 Å². The van der Waals surface area contributed by atoms with Crippen molar-refractivity contribution >= 4 is 5.82 Å². The van der Waals surface area contributed by atoms with Crippen molar-refractivity contribution in [1.29, 1.82) is 0 Å². The minimum Gasteiger partial charge on any atom is -0.396 e. The largest absolute Gasteiger partial charge is 0.396 e. The van der Waals surface area contributed by atoms with Gasteiger partial charge in [-0.25, -0.2) is 4.98 Å². The minimum absolute atomic E-state index is 0.234. The maximum Gasteiger partial charge on any atom is 0.214 e. The highest BCUT2D eigenvalue weighted by Crippen LogP contribution is 2.04. The Morgan fingerprint density at radius 3 is 2.86 bits per heavy atom. The number of aromatic nitrogens is 1. The van der Waals surface area contributed by atoms with Crippen LogP contribution in [-0.2, 0) is 0 Å². The first-order valence-electron chi connectivity index (χ1n) is 4.80. The Hall–Kier alpha value is -1.16. The Labute approximate surface area is 83.0 Å². The lowest BCUT2D eigenvalue weighted by atomic mass is 10.2. The second-order valence-corrected chi connectivity index (χ2v) is 3.06. The van der Waals surface area contributed by atoms with Gasteiger partial charge in [0.2, 0.25) is 5.95 Å². The summed E-state index contributed by atoms with van der Waals surface area (Å²) >= 11 is 0. The molecule has 0 atom stereocenters. The Bertz CT molecular complexity index is 268. The molecular weight excluding hydrogens is 183 g/mol. The van der Waals surface area contributed by atoms with Crippen molar-refractivity contribution in [2.24, 2.45) is 0 Å². The van der Waals surface area contributed by atoms with Crippen LogP contribution in [-0.4, -0.2) is 23.2 Å². The summed E-state index contributed by atoms with van der Waals surface area (Å²) in [5.41, 5.74) is 0. The number of nitrogens with one attached hydrogen (secondary N) is 1. The van der Waals surface area contributed by atoms with Crippen molar-refractivity contribution < 1.29 is 9.50 Å². The number of aliphatic hydroxyl groups excluding tert-OH is 1. The number of pyridine rings is 1. The molecule has 78 valence electrons.